The molecule has 1 fully saturated rings. The first-order valence-electron chi connectivity index (χ1n) is 9.34. The molecule has 0 aliphatic carbocycles. The van der Waals surface area contributed by atoms with Crippen LogP contribution in [0.1, 0.15) is 29.2 Å². The van der Waals surface area contributed by atoms with Gasteiger partial charge in [-0.1, -0.05) is 60.4 Å². The first-order chi connectivity index (χ1) is 14.0. The minimum atomic E-state index is -1.13. The number of hydrogen-bond donors (Lipinski definition) is 1. The summed E-state index contributed by atoms with van der Waals surface area (Å²) in [5.74, 6) is -1.48. The fraction of sp³-hybridized carbons (Fsp3) is 0.227. The Morgan fingerprint density at radius 1 is 1.24 bits per heavy atom. The van der Waals surface area contributed by atoms with Crippen molar-refractivity contribution in [3.63, 3.8) is 0 Å². The summed E-state index contributed by atoms with van der Waals surface area (Å²) in [5, 5.41) is 9.77. The second-order valence-electron chi connectivity index (χ2n) is 7.12. The molecular weight excluding hydrogens is 404 g/mol. The molecule has 0 saturated carbocycles. The van der Waals surface area contributed by atoms with Crippen LogP contribution in [-0.4, -0.2) is 39.8 Å². The van der Waals surface area contributed by atoms with E-state index in [1.807, 2.05) is 6.07 Å². The van der Waals surface area contributed by atoms with Crippen LogP contribution in [0.15, 0.2) is 53.4 Å². The Labute approximate surface area is 179 Å². The van der Waals surface area contributed by atoms with Crippen LogP contribution in [0.4, 0.5) is 5.69 Å². The molecule has 1 amide bonds. The number of rotatable bonds is 4. The first-order valence-corrected chi connectivity index (χ1v) is 10.6. The Kier molecular flexibility index (Phi) is 5.43. The number of fused-ring (bicyclic) bond motifs is 1. The third-order valence-electron chi connectivity index (χ3n) is 5.18. The van der Waals surface area contributed by atoms with E-state index < -0.39 is 12.0 Å². The van der Waals surface area contributed by atoms with Gasteiger partial charge in [-0.25, -0.2) is 4.79 Å². The molecule has 1 saturated heterocycles. The number of thioether (sulfide) groups is 1. The van der Waals surface area contributed by atoms with Crippen molar-refractivity contribution in [2.75, 3.05) is 18.5 Å². The number of carbonyl (C=O) groups is 2. The molecule has 29 heavy (non-hydrogen) atoms. The molecule has 4 rings (SSSR count). The van der Waals surface area contributed by atoms with Crippen LogP contribution in [-0.2, 0) is 16.0 Å². The lowest BCUT2D eigenvalue weighted by atomic mass is 9.99. The van der Waals surface area contributed by atoms with Gasteiger partial charge in [-0.2, -0.15) is 0 Å². The van der Waals surface area contributed by atoms with Crippen molar-refractivity contribution in [3.8, 4) is 0 Å². The molecule has 1 unspecified atom stereocenters. The summed E-state index contributed by atoms with van der Waals surface area (Å²) in [6.07, 6.45) is 3.92. The number of aliphatic carboxylic acids is 1. The molecule has 2 heterocycles. The zero-order chi connectivity index (χ0) is 20.5. The van der Waals surface area contributed by atoms with Gasteiger partial charge >= 0.3 is 5.97 Å². The standard InChI is InChI=1S/C22H20N2O3S2/c1-23-11-5-8-16-12-14(9-10-17(16)23)13-18-20(25)24(22(28)29-18)19(21(26)27)15-6-3-2-4-7-15/h2-4,6-7,9-10,12-13,19H,5,8,11H2,1H3,(H,26,27)/b18-13-. The predicted octanol–water partition coefficient (Wildman–Crippen LogP) is 4.10. The van der Waals surface area contributed by atoms with Crippen LogP contribution in [0.25, 0.3) is 6.08 Å². The number of carbonyl (C=O) groups excluding carboxylic acids is 1. The summed E-state index contributed by atoms with van der Waals surface area (Å²) < 4.78 is 0.259. The minimum absolute atomic E-state index is 0.259. The topological polar surface area (TPSA) is 60.9 Å². The van der Waals surface area contributed by atoms with E-state index in [9.17, 15) is 14.7 Å². The summed E-state index contributed by atoms with van der Waals surface area (Å²) in [6, 6.07) is 13.7. The molecule has 7 heteroatoms. The summed E-state index contributed by atoms with van der Waals surface area (Å²) in [7, 11) is 2.08. The van der Waals surface area contributed by atoms with E-state index >= 15 is 0 Å². The Bertz CT molecular complexity index is 1020. The molecule has 0 aromatic heterocycles. The number of hydrogen-bond acceptors (Lipinski definition) is 5. The van der Waals surface area contributed by atoms with E-state index in [4.69, 9.17) is 12.2 Å². The normalized spacial score (nSPS) is 18.9. The average Bonchev–Trinajstić information content (AvgIpc) is 2.97. The Hall–Kier alpha value is -2.64. The lowest BCUT2D eigenvalue weighted by Gasteiger charge is -2.27. The fourth-order valence-corrected chi connectivity index (χ4v) is 5.10. The number of anilines is 1. The van der Waals surface area contributed by atoms with Gasteiger partial charge in [0.1, 0.15) is 4.32 Å². The van der Waals surface area contributed by atoms with Gasteiger partial charge in [-0.3, -0.25) is 9.69 Å². The SMILES string of the molecule is CN1CCCc2cc(/C=C3\SC(=S)N(C(C(=O)O)c4ccccc4)C3=O)ccc21. The van der Waals surface area contributed by atoms with E-state index in [1.54, 1.807) is 36.4 Å². The molecule has 0 radical (unpaired) electrons. The third kappa shape index (κ3) is 3.80. The number of carboxylic acids is 1. The molecule has 1 N–H and O–H groups in total. The molecule has 0 spiro atoms. The molecule has 2 aromatic carbocycles. The molecule has 148 valence electrons. The van der Waals surface area contributed by atoms with Crippen molar-refractivity contribution in [2.45, 2.75) is 18.9 Å². The van der Waals surface area contributed by atoms with Crippen molar-refractivity contribution < 1.29 is 14.7 Å². The van der Waals surface area contributed by atoms with Crippen LogP contribution in [0.5, 0.6) is 0 Å². The molecule has 5 nitrogen and oxygen atoms in total. The van der Waals surface area contributed by atoms with E-state index in [-0.39, 0.29) is 10.2 Å². The van der Waals surface area contributed by atoms with Gasteiger partial charge in [0, 0.05) is 19.3 Å². The monoisotopic (exact) mass is 424 g/mol. The van der Waals surface area contributed by atoms with E-state index in [0.717, 1.165) is 36.7 Å². The highest BCUT2D eigenvalue weighted by Crippen LogP contribution is 2.39. The van der Waals surface area contributed by atoms with Crippen molar-refractivity contribution in [1.82, 2.24) is 4.90 Å². The van der Waals surface area contributed by atoms with Gasteiger partial charge < -0.3 is 10.0 Å². The molecule has 2 aromatic rings. The highest BCUT2D eigenvalue weighted by Gasteiger charge is 2.41. The Morgan fingerprint density at radius 2 is 2.00 bits per heavy atom. The van der Waals surface area contributed by atoms with Gasteiger partial charge in [-0.15, -0.1) is 0 Å². The molecule has 0 bridgehead atoms. The van der Waals surface area contributed by atoms with Gasteiger partial charge in [-0.05, 0) is 47.7 Å². The number of nitrogens with zero attached hydrogens (tertiary/aromatic N) is 2. The van der Waals surface area contributed by atoms with E-state index in [0.29, 0.717) is 10.5 Å². The van der Waals surface area contributed by atoms with Crippen LogP contribution in [0.2, 0.25) is 0 Å². The number of aryl methyl sites for hydroxylation is 1. The van der Waals surface area contributed by atoms with Crippen molar-refractivity contribution in [1.29, 1.82) is 0 Å². The maximum absolute atomic E-state index is 13.1. The van der Waals surface area contributed by atoms with Crippen LogP contribution in [0.3, 0.4) is 0 Å². The van der Waals surface area contributed by atoms with Gasteiger partial charge in [0.05, 0.1) is 4.91 Å². The number of carboxylic acid groups (broad SMARTS) is 1. The smallest absolute Gasteiger partial charge is 0.331 e. The zero-order valence-electron chi connectivity index (χ0n) is 15.9. The Morgan fingerprint density at radius 3 is 2.72 bits per heavy atom. The quantitative estimate of drug-likeness (QED) is 0.589. The minimum Gasteiger partial charge on any atom is -0.479 e. The number of amides is 1. The highest BCUT2D eigenvalue weighted by molar-refractivity contribution is 8.26. The Balaban J connectivity index is 1.65. The lowest BCUT2D eigenvalue weighted by Crippen LogP contribution is -2.37. The second-order valence-corrected chi connectivity index (χ2v) is 8.79. The van der Waals surface area contributed by atoms with Crippen LogP contribution >= 0.6 is 24.0 Å². The summed E-state index contributed by atoms with van der Waals surface area (Å²) in [6.45, 7) is 1.04. The summed E-state index contributed by atoms with van der Waals surface area (Å²) >= 11 is 6.53. The van der Waals surface area contributed by atoms with Gasteiger partial charge in [0.25, 0.3) is 5.91 Å². The molecular formula is C22H20N2O3S2. The highest BCUT2D eigenvalue weighted by atomic mass is 32.2. The molecule has 2 aliphatic heterocycles. The number of thiocarbonyl (C=S) groups is 1. The van der Waals surface area contributed by atoms with Crippen molar-refractivity contribution in [3.05, 3.63) is 70.1 Å². The second kappa shape index (κ2) is 8.00. The fourth-order valence-electron chi connectivity index (χ4n) is 3.79. The van der Waals surface area contributed by atoms with Crippen molar-refractivity contribution >= 4 is 51.9 Å². The third-order valence-corrected chi connectivity index (χ3v) is 6.51. The average molecular weight is 425 g/mol. The maximum atomic E-state index is 13.1. The van der Waals surface area contributed by atoms with E-state index in [1.165, 1.54) is 16.2 Å². The first kappa shape index (κ1) is 19.7. The molecule has 2 aliphatic rings. The maximum Gasteiger partial charge on any atom is 0.331 e. The van der Waals surface area contributed by atoms with Gasteiger partial charge in [0.15, 0.2) is 6.04 Å². The van der Waals surface area contributed by atoms with Crippen molar-refractivity contribution in [2.24, 2.45) is 0 Å². The van der Waals surface area contributed by atoms with E-state index in [2.05, 4.69) is 24.1 Å². The molecule has 1 atom stereocenters. The van der Waals surface area contributed by atoms with Gasteiger partial charge in [0.2, 0.25) is 0 Å². The lowest BCUT2D eigenvalue weighted by molar-refractivity contribution is -0.145. The largest absolute Gasteiger partial charge is 0.479 e. The zero-order valence-corrected chi connectivity index (χ0v) is 17.5. The predicted molar refractivity (Wildman–Crippen MR) is 120 cm³/mol. The van der Waals surface area contributed by atoms with Crippen LogP contribution < -0.4 is 4.90 Å². The number of benzene rings is 2. The summed E-state index contributed by atoms with van der Waals surface area (Å²) in [5.41, 5.74) is 3.92. The van der Waals surface area contributed by atoms with Crippen LogP contribution in [0, 0.1) is 0 Å². The summed E-state index contributed by atoms with van der Waals surface area (Å²) in [4.78, 5) is 28.9.